The molecule has 0 aliphatic heterocycles. The molecule has 1 unspecified atom stereocenters. The molecule has 1 atom stereocenters. The molecule has 0 aromatic heterocycles. The number of aliphatic hydroxyl groups excluding tert-OH is 1. The van der Waals surface area contributed by atoms with Gasteiger partial charge in [-0.05, 0) is 48.7 Å². The molecule has 2 rings (SSSR count). The number of hydrogen-bond acceptors (Lipinski definition) is 3. The molecule has 0 amide bonds. The number of rotatable bonds is 4. The van der Waals surface area contributed by atoms with Gasteiger partial charge in [-0.3, -0.25) is 0 Å². The maximum absolute atomic E-state index is 10.1. The van der Waals surface area contributed by atoms with Crippen LogP contribution in [-0.2, 0) is 0 Å². The predicted molar refractivity (Wildman–Crippen MR) is 77.2 cm³/mol. The Labute approximate surface area is 113 Å². The van der Waals surface area contributed by atoms with Gasteiger partial charge in [-0.15, -0.1) is 0 Å². The third-order valence-corrected chi connectivity index (χ3v) is 3.06. The highest BCUT2D eigenvalue weighted by Crippen LogP contribution is 2.21. The van der Waals surface area contributed by atoms with Gasteiger partial charge in [0.05, 0.1) is 0 Å². The number of anilines is 1. The topological polar surface area (TPSA) is 55.5 Å². The average Bonchev–Trinajstić information content (AvgIpc) is 2.40. The van der Waals surface area contributed by atoms with Gasteiger partial charge < -0.3 is 15.6 Å². The molecular formula is C16H19NO2. The van der Waals surface area contributed by atoms with E-state index in [9.17, 15) is 5.11 Å². The van der Waals surface area contributed by atoms with Gasteiger partial charge in [0.25, 0.3) is 0 Å². The Morgan fingerprint density at radius 1 is 1.11 bits per heavy atom. The van der Waals surface area contributed by atoms with Gasteiger partial charge in [0.1, 0.15) is 18.5 Å². The first-order valence-electron chi connectivity index (χ1n) is 6.30. The normalized spacial score (nSPS) is 12.2. The Kier molecular flexibility index (Phi) is 4.07. The first kappa shape index (κ1) is 13.4. The van der Waals surface area contributed by atoms with Crippen molar-refractivity contribution in [3.8, 4) is 5.75 Å². The Morgan fingerprint density at radius 3 is 2.47 bits per heavy atom. The first-order chi connectivity index (χ1) is 9.06. The van der Waals surface area contributed by atoms with E-state index in [0.29, 0.717) is 5.69 Å². The number of ether oxygens (including phenoxy) is 1. The van der Waals surface area contributed by atoms with Crippen LogP contribution in [0.3, 0.4) is 0 Å². The minimum Gasteiger partial charge on any atom is -0.490 e. The van der Waals surface area contributed by atoms with Crippen molar-refractivity contribution in [3.05, 3.63) is 59.2 Å². The Hall–Kier alpha value is -2.00. The maximum Gasteiger partial charge on any atom is 0.122 e. The molecule has 2 aromatic carbocycles. The third kappa shape index (κ3) is 3.48. The van der Waals surface area contributed by atoms with Gasteiger partial charge in [-0.1, -0.05) is 24.3 Å². The summed E-state index contributed by atoms with van der Waals surface area (Å²) in [5.74, 6) is 0.814. The summed E-state index contributed by atoms with van der Waals surface area (Å²) >= 11 is 0. The van der Waals surface area contributed by atoms with Crippen molar-refractivity contribution in [2.45, 2.75) is 20.0 Å². The molecule has 0 heterocycles. The lowest BCUT2D eigenvalue weighted by Crippen LogP contribution is -2.10. The smallest absolute Gasteiger partial charge is 0.122 e. The quantitative estimate of drug-likeness (QED) is 0.828. The van der Waals surface area contributed by atoms with E-state index in [0.717, 1.165) is 22.4 Å². The molecule has 3 heteroatoms. The van der Waals surface area contributed by atoms with Crippen LogP contribution in [0.4, 0.5) is 5.69 Å². The molecule has 100 valence electrons. The van der Waals surface area contributed by atoms with Gasteiger partial charge in [0.15, 0.2) is 0 Å². The highest BCUT2D eigenvalue weighted by atomic mass is 16.5. The van der Waals surface area contributed by atoms with Crippen molar-refractivity contribution < 1.29 is 9.84 Å². The first-order valence-corrected chi connectivity index (χ1v) is 6.30. The van der Waals surface area contributed by atoms with E-state index < -0.39 is 6.10 Å². The van der Waals surface area contributed by atoms with Crippen molar-refractivity contribution in [1.82, 2.24) is 0 Å². The van der Waals surface area contributed by atoms with Crippen LogP contribution in [0.15, 0.2) is 42.5 Å². The minimum absolute atomic E-state index is 0.230. The lowest BCUT2D eigenvalue weighted by Gasteiger charge is -2.14. The van der Waals surface area contributed by atoms with E-state index >= 15 is 0 Å². The monoisotopic (exact) mass is 257 g/mol. The number of nitrogen functional groups attached to an aromatic ring is 1. The van der Waals surface area contributed by atoms with E-state index in [4.69, 9.17) is 10.5 Å². The molecule has 3 nitrogen and oxygen atoms in total. The largest absolute Gasteiger partial charge is 0.490 e. The summed E-state index contributed by atoms with van der Waals surface area (Å²) in [5, 5.41) is 10.1. The SMILES string of the molecule is Cc1ccc(C)c(OCC(O)c2ccc(N)cc2)c1. The second-order valence-corrected chi connectivity index (χ2v) is 4.76. The molecule has 0 spiro atoms. The van der Waals surface area contributed by atoms with E-state index in [1.807, 2.05) is 44.2 Å². The number of benzene rings is 2. The highest BCUT2D eigenvalue weighted by Gasteiger charge is 2.09. The molecule has 3 N–H and O–H groups in total. The fourth-order valence-electron chi connectivity index (χ4n) is 1.85. The third-order valence-electron chi connectivity index (χ3n) is 3.06. The van der Waals surface area contributed by atoms with Crippen molar-refractivity contribution in [3.63, 3.8) is 0 Å². The molecule has 19 heavy (non-hydrogen) atoms. The van der Waals surface area contributed by atoms with Crippen LogP contribution in [0, 0.1) is 13.8 Å². The zero-order valence-corrected chi connectivity index (χ0v) is 11.3. The Bertz CT molecular complexity index is 549. The van der Waals surface area contributed by atoms with Crippen LogP contribution in [-0.4, -0.2) is 11.7 Å². The summed E-state index contributed by atoms with van der Waals surface area (Å²) < 4.78 is 5.68. The summed E-state index contributed by atoms with van der Waals surface area (Å²) in [7, 11) is 0. The van der Waals surface area contributed by atoms with Gasteiger partial charge >= 0.3 is 0 Å². The number of hydrogen-bond donors (Lipinski definition) is 2. The summed E-state index contributed by atoms with van der Waals surface area (Å²) in [4.78, 5) is 0. The van der Waals surface area contributed by atoms with E-state index in [1.54, 1.807) is 12.1 Å². The summed E-state index contributed by atoms with van der Waals surface area (Å²) in [6.45, 7) is 4.24. The molecule has 0 radical (unpaired) electrons. The Morgan fingerprint density at radius 2 is 1.79 bits per heavy atom. The van der Waals surface area contributed by atoms with E-state index in [2.05, 4.69) is 0 Å². The highest BCUT2D eigenvalue weighted by molar-refractivity contribution is 5.40. The predicted octanol–water partition coefficient (Wildman–Crippen LogP) is 3.00. The lowest BCUT2D eigenvalue weighted by atomic mass is 10.1. The van der Waals surface area contributed by atoms with Gasteiger partial charge in [-0.25, -0.2) is 0 Å². The van der Waals surface area contributed by atoms with E-state index in [-0.39, 0.29) is 6.61 Å². The molecule has 0 aliphatic rings. The summed E-state index contributed by atoms with van der Waals surface area (Å²) in [6, 6.07) is 13.2. The van der Waals surface area contributed by atoms with Crippen molar-refractivity contribution in [2.24, 2.45) is 0 Å². The summed E-state index contributed by atoms with van der Waals surface area (Å²) in [5.41, 5.74) is 9.31. The van der Waals surface area contributed by atoms with Crippen molar-refractivity contribution >= 4 is 5.69 Å². The van der Waals surface area contributed by atoms with Crippen LogP contribution in [0.2, 0.25) is 0 Å². The second kappa shape index (κ2) is 5.76. The average molecular weight is 257 g/mol. The maximum atomic E-state index is 10.1. The van der Waals surface area contributed by atoms with E-state index in [1.165, 1.54) is 0 Å². The summed E-state index contributed by atoms with van der Waals surface area (Å²) in [6.07, 6.45) is -0.652. The van der Waals surface area contributed by atoms with Crippen LogP contribution < -0.4 is 10.5 Å². The van der Waals surface area contributed by atoms with Gasteiger partial charge in [0.2, 0.25) is 0 Å². The van der Waals surface area contributed by atoms with Crippen LogP contribution in [0.1, 0.15) is 22.8 Å². The molecule has 0 aliphatic carbocycles. The second-order valence-electron chi connectivity index (χ2n) is 4.76. The van der Waals surface area contributed by atoms with Crippen LogP contribution in [0.5, 0.6) is 5.75 Å². The fraction of sp³-hybridized carbons (Fsp3) is 0.250. The van der Waals surface area contributed by atoms with Crippen molar-refractivity contribution in [1.29, 1.82) is 0 Å². The number of aryl methyl sites for hydroxylation is 2. The van der Waals surface area contributed by atoms with Crippen LogP contribution in [0.25, 0.3) is 0 Å². The van der Waals surface area contributed by atoms with Gasteiger partial charge in [-0.2, -0.15) is 0 Å². The molecular weight excluding hydrogens is 238 g/mol. The lowest BCUT2D eigenvalue weighted by molar-refractivity contribution is 0.108. The zero-order chi connectivity index (χ0) is 13.8. The molecule has 2 aromatic rings. The molecule has 0 saturated carbocycles. The molecule has 0 saturated heterocycles. The zero-order valence-electron chi connectivity index (χ0n) is 11.3. The number of aliphatic hydroxyl groups is 1. The fourth-order valence-corrected chi connectivity index (χ4v) is 1.85. The standard InChI is InChI=1S/C16H19NO2/c1-11-3-4-12(2)16(9-11)19-10-15(18)13-5-7-14(17)8-6-13/h3-9,15,18H,10,17H2,1-2H3. The molecule has 0 bridgehead atoms. The van der Waals surface area contributed by atoms with Crippen LogP contribution >= 0.6 is 0 Å². The minimum atomic E-state index is -0.652. The number of nitrogens with two attached hydrogens (primary N) is 1. The van der Waals surface area contributed by atoms with Crippen molar-refractivity contribution in [2.75, 3.05) is 12.3 Å². The Balaban J connectivity index is 2.02. The molecule has 0 fully saturated rings. The van der Waals surface area contributed by atoms with Gasteiger partial charge in [0, 0.05) is 5.69 Å².